The molecule has 1 aromatic heterocycles. The van der Waals surface area contributed by atoms with Gasteiger partial charge in [-0.2, -0.15) is 0 Å². The van der Waals surface area contributed by atoms with Gasteiger partial charge in [0.15, 0.2) is 5.67 Å². The van der Waals surface area contributed by atoms with Gasteiger partial charge in [-0.3, -0.25) is 0 Å². The highest BCUT2D eigenvalue weighted by Crippen LogP contribution is 2.51. The quantitative estimate of drug-likeness (QED) is 0.451. The van der Waals surface area contributed by atoms with Crippen molar-refractivity contribution in [1.82, 2.24) is 4.57 Å². The zero-order valence-electron chi connectivity index (χ0n) is 16.4. The molecule has 1 nitrogen and oxygen atoms in total. The second-order valence-electron chi connectivity index (χ2n) is 7.92. The van der Waals surface area contributed by atoms with Crippen LogP contribution in [0.2, 0.25) is 0 Å². The van der Waals surface area contributed by atoms with Gasteiger partial charge in [-0.1, -0.05) is 29.4 Å². The summed E-state index contributed by atoms with van der Waals surface area (Å²) in [4.78, 5) is 0. The lowest BCUT2D eigenvalue weighted by Gasteiger charge is -2.36. The molecule has 0 saturated carbocycles. The number of alkyl halides is 1. The number of hydrogen-bond acceptors (Lipinski definition) is 0. The summed E-state index contributed by atoms with van der Waals surface area (Å²) in [6, 6.07) is 4.42. The highest BCUT2D eigenvalue weighted by atomic mass is 31.0. The predicted octanol–water partition coefficient (Wildman–Crippen LogP) is 7.05. The van der Waals surface area contributed by atoms with Crippen LogP contribution in [0.25, 0.3) is 17.0 Å². The zero-order chi connectivity index (χ0) is 20.4. The molecule has 28 heavy (non-hydrogen) atoms. The largest absolute Gasteiger partial charge is 0.327 e. The smallest absolute Gasteiger partial charge is 0.186 e. The molecule has 2 aliphatic rings. The molecule has 2 aliphatic carbocycles. The van der Waals surface area contributed by atoms with Gasteiger partial charge in [0.25, 0.3) is 0 Å². The third kappa shape index (κ3) is 2.65. The highest BCUT2D eigenvalue weighted by molar-refractivity contribution is 7.23. The first-order valence-electron chi connectivity index (χ1n) is 9.34. The number of nitrogens with zero attached hydrogens (tertiary/aromatic N) is 1. The molecule has 1 aromatic carbocycles. The fourth-order valence-electron chi connectivity index (χ4n) is 4.25. The lowest BCUT2D eigenvalue weighted by molar-refractivity contribution is 0.121. The van der Waals surface area contributed by atoms with Crippen LogP contribution >= 0.6 is 9.24 Å². The van der Waals surface area contributed by atoms with E-state index in [-0.39, 0.29) is 10.9 Å². The van der Waals surface area contributed by atoms with E-state index >= 15 is 8.78 Å². The van der Waals surface area contributed by atoms with Gasteiger partial charge in [-0.25, -0.2) is 13.2 Å². The molecule has 0 N–H and O–H groups in total. The molecule has 0 spiro atoms. The maximum Gasteiger partial charge on any atom is 0.186 e. The molecule has 0 aliphatic heterocycles. The van der Waals surface area contributed by atoms with E-state index in [1.165, 1.54) is 6.92 Å². The van der Waals surface area contributed by atoms with Crippen LogP contribution in [0.4, 0.5) is 13.2 Å². The third-order valence-electron chi connectivity index (χ3n) is 5.87. The Balaban J connectivity index is 2.09. The minimum atomic E-state index is -2.48. The summed E-state index contributed by atoms with van der Waals surface area (Å²) in [7, 11) is 2.23. The van der Waals surface area contributed by atoms with Crippen molar-refractivity contribution in [2.24, 2.45) is 0 Å². The molecule has 1 heterocycles. The van der Waals surface area contributed by atoms with Crippen molar-refractivity contribution >= 4 is 26.2 Å². The van der Waals surface area contributed by atoms with E-state index < -0.39 is 23.4 Å². The van der Waals surface area contributed by atoms with E-state index in [0.29, 0.717) is 11.9 Å². The van der Waals surface area contributed by atoms with E-state index in [2.05, 4.69) is 15.3 Å². The molecule has 5 heteroatoms. The summed E-state index contributed by atoms with van der Waals surface area (Å²) >= 11 is 0. The Morgan fingerprint density at radius 1 is 1.14 bits per heavy atom. The Hall–Kier alpha value is -2.06. The maximum absolute atomic E-state index is 15.7. The molecule has 146 valence electrons. The fraction of sp³-hybridized carbons (Fsp3) is 0.304. The SMILES string of the molecule is CC1=CCc2c(n(C3C(F)=C(P)C(C)=C(F)C3(C)F)c3ccc(C)cc23)C=C1. The Labute approximate surface area is 165 Å². The molecule has 3 atom stereocenters. The van der Waals surface area contributed by atoms with Crippen molar-refractivity contribution in [1.29, 1.82) is 0 Å². The van der Waals surface area contributed by atoms with Crippen LogP contribution in [-0.2, 0) is 6.42 Å². The Bertz CT molecular complexity index is 1130. The average Bonchev–Trinajstić information content (AvgIpc) is 2.79. The molecule has 2 aromatic rings. The van der Waals surface area contributed by atoms with Gasteiger partial charge in [-0.15, -0.1) is 9.24 Å². The summed E-state index contributed by atoms with van der Waals surface area (Å²) in [5.74, 6) is -1.57. The monoisotopic (exact) mass is 401 g/mol. The van der Waals surface area contributed by atoms with Gasteiger partial charge in [0.05, 0.1) is 0 Å². The molecular weight excluding hydrogens is 378 g/mol. The van der Waals surface area contributed by atoms with Crippen LogP contribution in [0.5, 0.6) is 0 Å². The van der Waals surface area contributed by atoms with Crippen molar-refractivity contribution in [2.45, 2.75) is 45.8 Å². The topological polar surface area (TPSA) is 4.93 Å². The third-order valence-corrected chi connectivity index (χ3v) is 6.58. The summed E-state index contributed by atoms with van der Waals surface area (Å²) in [5, 5.41) is 1.04. The van der Waals surface area contributed by atoms with Gasteiger partial charge in [-0.05, 0) is 63.5 Å². The fourth-order valence-corrected chi connectivity index (χ4v) is 4.54. The van der Waals surface area contributed by atoms with E-state index in [4.69, 9.17) is 0 Å². The van der Waals surface area contributed by atoms with Gasteiger partial charge < -0.3 is 4.57 Å². The first-order valence-corrected chi connectivity index (χ1v) is 9.91. The van der Waals surface area contributed by atoms with Crippen LogP contribution < -0.4 is 0 Å². The van der Waals surface area contributed by atoms with Gasteiger partial charge >= 0.3 is 0 Å². The lowest BCUT2D eigenvalue weighted by atomic mass is 9.87. The van der Waals surface area contributed by atoms with Crippen LogP contribution in [0.3, 0.4) is 0 Å². The number of aromatic nitrogens is 1. The second-order valence-corrected chi connectivity index (χ2v) is 8.50. The highest BCUT2D eigenvalue weighted by Gasteiger charge is 2.49. The first-order chi connectivity index (χ1) is 13.1. The molecule has 0 radical (unpaired) electrons. The molecule has 0 fully saturated rings. The lowest BCUT2D eigenvalue weighted by Crippen LogP contribution is -2.37. The van der Waals surface area contributed by atoms with E-state index in [0.717, 1.165) is 34.7 Å². The predicted molar refractivity (Wildman–Crippen MR) is 113 cm³/mol. The van der Waals surface area contributed by atoms with Crippen molar-refractivity contribution in [2.75, 3.05) is 0 Å². The summed E-state index contributed by atoms with van der Waals surface area (Å²) in [6.45, 7) is 6.52. The summed E-state index contributed by atoms with van der Waals surface area (Å²) in [5.41, 5.74) is 2.12. The molecule has 4 rings (SSSR count). The van der Waals surface area contributed by atoms with E-state index in [1.54, 1.807) is 4.57 Å². The van der Waals surface area contributed by atoms with Crippen molar-refractivity contribution < 1.29 is 13.2 Å². The van der Waals surface area contributed by atoms with Gasteiger partial charge in [0.2, 0.25) is 0 Å². The number of hydrogen-bond donors (Lipinski definition) is 0. The van der Waals surface area contributed by atoms with Crippen LogP contribution in [0.1, 0.15) is 43.6 Å². The minimum absolute atomic E-state index is 0.00944. The summed E-state index contributed by atoms with van der Waals surface area (Å²) < 4.78 is 47.7. The molecule has 0 amide bonds. The van der Waals surface area contributed by atoms with Crippen LogP contribution in [-0.4, -0.2) is 10.2 Å². The molecule has 0 saturated heterocycles. The van der Waals surface area contributed by atoms with Crippen molar-refractivity contribution in [3.63, 3.8) is 0 Å². The number of halogens is 3. The summed E-state index contributed by atoms with van der Waals surface area (Å²) in [6.07, 6.45) is 6.58. The number of allylic oxidation sites excluding steroid dienone is 7. The normalized spacial score (nSPS) is 25.3. The zero-order valence-corrected chi connectivity index (χ0v) is 17.6. The number of fused-ring (bicyclic) bond motifs is 3. The average molecular weight is 401 g/mol. The number of rotatable bonds is 1. The molecule has 0 bridgehead atoms. The Morgan fingerprint density at radius 2 is 1.86 bits per heavy atom. The van der Waals surface area contributed by atoms with Crippen LogP contribution in [0.15, 0.2) is 58.5 Å². The van der Waals surface area contributed by atoms with Crippen molar-refractivity contribution in [3.05, 3.63) is 75.3 Å². The second kappa shape index (κ2) is 6.49. The van der Waals surface area contributed by atoms with E-state index in [9.17, 15) is 4.39 Å². The molecular formula is C23H23F3NP. The Morgan fingerprint density at radius 3 is 2.57 bits per heavy atom. The number of benzene rings is 1. The van der Waals surface area contributed by atoms with E-state index in [1.807, 2.05) is 44.2 Å². The van der Waals surface area contributed by atoms with Gasteiger partial charge in [0, 0.05) is 21.9 Å². The van der Waals surface area contributed by atoms with Gasteiger partial charge in [0.1, 0.15) is 17.7 Å². The number of aryl methyl sites for hydroxylation is 1. The van der Waals surface area contributed by atoms with Crippen LogP contribution in [0, 0.1) is 6.92 Å². The Kier molecular flexibility index (Phi) is 4.46. The maximum atomic E-state index is 15.7. The molecule has 3 unspecified atom stereocenters. The minimum Gasteiger partial charge on any atom is -0.327 e. The first kappa shape index (κ1) is 19.3. The standard InChI is InChI=1S/C23H23F3NP/c1-12-5-8-15-16-11-13(2)7-10-18(16)27(17(15)9-6-12)22-19(24)20(28)14(3)21(25)23(22,4)26/h5-7,9-11,22H,8,28H2,1-4H3. The van der Waals surface area contributed by atoms with Crippen molar-refractivity contribution in [3.8, 4) is 0 Å².